The molecule has 2 aromatic carbocycles. The summed E-state index contributed by atoms with van der Waals surface area (Å²) in [4.78, 5) is 27.4. The summed E-state index contributed by atoms with van der Waals surface area (Å²) in [5.74, 6) is -0.0701. The molecule has 7 nitrogen and oxygen atoms in total. The van der Waals surface area contributed by atoms with Crippen LogP contribution in [0.4, 0.5) is 5.69 Å². The number of para-hydroxylation sites is 1. The van der Waals surface area contributed by atoms with E-state index >= 15 is 0 Å². The number of rotatable bonds is 5. The third-order valence-corrected chi connectivity index (χ3v) is 4.94. The Morgan fingerprint density at radius 3 is 2.61 bits per heavy atom. The standard InChI is InChI=1S/C21H23N3O4/c1-23(14-21(26)24-8-10-27-11-9-24)13-20(25)22-15-6-7-19-17(12-15)16-4-2-3-5-18(16)28-19/h2-7,12H,8-11,13-14H2,1H3,(H,22,25)/p+1. The number of nitrogens with one attached hydrogen (secondary N) is 2. The fraction of sp³-hybridized carbons (Fsp3) is 0.333. The van der Waals surface area contributed by atoms with Crippen LogP contribution in [0.3, 0.4) is 0 Å². The summed E-state index contributed by atoms with van der Waals surface area (Å²) < 4.78 is 11.1. The highest BCUT2D eigenvalue weighted by molar-refractivity contribution is 6.06. The second-order valence-corrected chi connectivity index (χ2v) is 7.16. The number of furan rings is 1. The number of ether oxygens (including phenoxy) is 1. The molecule has 1 unspecified atom stereocenters. The van der Waals surface area contributed by atoms with E-state index in [0.29, 0.717) is 32.8 Å². The van der Waals surface area contributed by atoms with Gasteiger partial charge in [-0.2, -0.15) is 0 Å². The Bertz CT molecular complexity index is 1010. The molecule has 0 radical (unpaired) electrons. The third kappa shape index (κ3) is 4.00. The van der Waals surface area contributed by atoms with Gasteiger partial charge in [0, 0.05) is 29.5 Å². The maximum absolute atomic E-state index is 12.4. The lowest BCUT2D eigenvalue weighted by Crippen LogP contribution is -3.11. The van der Waals surface area contributed by atoms with E-state index in [4.69, 9.17) is 9.15 Å². The molecule has 4 rings (SSSR count). The lowest BCUT2D eigenvalue weighted by Gasteiger charge is -2.27. The average Bonchev–Trinajstić information content (AvgIpc) is 3.06. The van der Waals surface area contributed by atoms with Crippen molar-refractivity contribution in [1.82, 2.24) is 4.90 Å². The maximum Gasteiger partial charge on any atom is 0.279 e. The Hall–Kier alpha value is -2.90. The largest absolute Gasteiger partial charge is 0.456 e. The van der Waals surface area contributed by atoms with Gasteiger partial charge < -0.3 is 24.3 Å². The van der Waals surface area contributed by atoms with Crippen molar-refractivity contribution in [3.63, 3.8) is 0 Å². The predicted octanol–water partition coefficient (Wildman–Crippen LogP) is 0.898. The Morgan fingerprint density at radius 1 is 1.04 bits per heavy atom. The number of fused-ring (bicyclic) bond motifs is 3. The van der Waals surface area contributed by atoms with Gasteiger partial charge in [-0.1, -0.05) is 18.2 Å². The van der Waals surface area contributed by atoms with Crippen LogP contribution in [-0.2, 0) is 14.3 Å². The monoisotopic (exact) mass is 382 g/mol. The molecule has 7 heteroatoms. The number of benzene rings is 2. The number of hydrogen-bond donors (Lipinski definition) is 2. The smallest absolute Gasteiger partial charge is 0.279 e. The number of carbonyl (C=O) groups is 2. The number of hydrogen-bond acceptors (Lipinski definition) is 4. The van der Waals surface area contributed by atoms with Crippen LogP contribution in [0.15, 0.2) is 46.9 Å². The van der Waals surface area contributed by atoms with Crippen molar-refractivity contribution in [3.05, 3.63) is 42.5 Å². The molecule has 146 valence electrons. The molecule has 0 saturated carbocycles. The number of amides is 2. The zero-order valence-electron chi connectivity index (χ0n) is 15.9. The summed E-state index contributed by atoms with van der Waals surface area (Å²) >= 11 is 0. The van der Waals surface area contributed by atoms with E-state index in [1.54, 1.807) is 4.90 Å². The number of quaternary nitrogens is 1. The molecule has 1 aliphatic rings. The number of carbonyl (C=O) groups excluding carboxylic acids is 2. The van der Waals surface area contributed by atoms with Crippen LogP contribution in [0.5, 0.6) is 0 Å². The second kappa shape index (κ2) is 8.00. The summed E-state index contributed by atoms with van der Waals surface area (Å²) in [5, 5.41) is 4.92. The van der Waals surface area contributed by atoms with Crippen molar-refractivity contribution in [2.24, 2.45) is 0 Å². The van der Waals surface area contributed by atoms with E-state index in [-0.39, 0.29) is 18.4 Å². The summed E-state index contributed by atoms with van der Waals surface area (Å²) in [6.45, 7) is 2.92. The van der Waals surface area contributed by atoms with Gasteiger partial charge in [0.1, 0.15) is 11.2 Å². The van der Waals surface area contributed by atoms with Gasteiger partial charge in [-0.3, -0.25) is 9.59 Å². The summed E-state index contributed by atoms with van der Waals surface area (Å²) in [5.41, 5.74) is 2.33. The molecule has 1 atom stereocenters. The Balaban J connectivity index is 1.37. The molecule has 2 N–H and O–H groups in total. The van der Waals surface area contributed by atoms with Crippen molar-refractivity contribution >= 4 is 39.4 Å². The fourth-order valence-corrected chi connectivity index (χ4v) is 3.53. The van der Waals surface area contributed by atoms with Crippen molar-refractivity contribution in [2.45, 2.75) is 0 Å². The Labute approximate surface area is 162 Å². The minimum absolute atomic E-state index is 0.0555. The van der Waals surface area contributed by atoms with Gasteiger partial charge in [-0.05, 0) is 24.3 Å². The number of nitrogens with zero attached hydrogens (tertiary/aromatic N) is 1. The minimum atomic E-state index is -0.126. The first-order chi connectivity index (χ1) is 13.6. The molecule has 0 bridgehead atoms. The zero-order valence-corrected chi connectivity index (χ0v) is 15.9. The van der Waals surface area contributed by atoms with Crippen LogP contribution in [0.25, 0.3) is 21.9 Å². The van der Waals surface area contributed by atoms with E-state index in [2.05, 4.69) is 5.32 Å². The molecule has 1 fully saturated rings. The first-order valence-corrected chi connectivity index (χ1v) is 9.48. The van der Waals surface area contributed by atoms with Crippen LogP contribution in [0.2, 0.25) is 0 Å². The molecular formula is C21H24N3O4+. The lowest BCUT2D eigenvalue weighted by molar-refractivity contribution is -0.862. The van der Waals surface area contributed by atoms with Crippen LogP contribution >= 0.6 is 0 Å². The third-order valence-electron chi connectivity index (χ3n) is 4.94. The summed E-state index contributed by atoms with van der Waals surface area (Å²) in [7, 11) is 1.85. The highest BCUT2D eigenvalue weighted by Gasteiger charge is 2.21. The first kappa shape index (κ1) is 18.5. The van der Waals surface area contributed by atoms with Gasteiger partial charge >= 0.3 is 0 Å². The predicted molar refractivity (Wildman–Crippen MR) is 106 cm³/mol. The average molecular weight is 382 g/mol. The van der Waals surface area contributed by atoms with Gasteiger partial charge in [0.25, 0.3) is 11.8 Å². The van der Waals surface area contributed by atoms with Gasteiger partial charge in [-0.15, -0.1) is 0 Å². The molecule has 3 aromatic rings. The van der Waals surface area contributed by atoms with Crippen molar-refractivity contribution in [2.75, 3.05) is 51.8 Å². The molecule has 0 spiro atoms. The topological polar surface area (TPSA) is 76.2 Å². The van der Waals surface area contributed by atoms with Crippen LogP contribution in [-0.4, -0.2) is 63.2 Å². The number of likely N-dealkylation sites (N-methyl/N-ethyl adjacent to an activating group) is 1. The molecule has 2 amide bonds. The van der Waals surface area contributed by atoms with E-state index in [0.717, 1.165) is 32.5 Å². The zero-order chi connectivity index (χ0) is 19.5. The minimum Gasteiger partial charge on any atom is -0.456 e. The molecule has 2 heterocycles. The van der Waals surface area contributed by atoms with Crippen LogP contribution in [0, 0.1) is 0 Å². The van der Waals surface area contributed by atoms with Crippen LogP contribution < -0.4 is 10.2 Å². The summed E-state index contributed by atoms with van der Waals surface area (Å²) in [6.07, 6.45) is 0. The first-order valence-electron chi connectivity index (χ1n) is 9.48. The highest BCUT2D eigenvalue weighted by Crippen LogP contribution is 2.30. The maximum atomic E-state index is 12.4. The molecule has 0 aliphatic carbocycles. The van der Waals surface area contributed by atoms with E-state index in [9.17, 15) is 9.59 Å². The quantitative estimate of drug-likeness (QED) is 0.688. The normalized spacial score (nSPS) is 15.7. The molecule has 1 aliphatic heterocycles. The van der Waals surface area contributed by atoms with Gasteiger partial charge in [-0.25, -0.2) is 0 Å². The fourth-order valence-electron chi connectivity index (χ4n) is 3.53. The van der Waals surface area contributed by atoms with Gasteiger partial charge in [0.15, 0.2) is 13.1 Å². The molecule has 28 heavy (non-hydrogen) atoms. The number of morpholine rings is 1. The SMILES string of the molecule is C[NH+](CC(=O)Nc1ccc2oc3ccccc3c2c1)CC(=O)N1CCOCC1. The van der Waals surface area contributed by atoms with E-state index < -0.39 is 0 Å². The van der Waals surface area contributed by atoms with Crippen LogP contribution in [0.1, 0.15) is 0 Å². The van der Waals surface area contributed by atoms with E-state index in [1.807, 2.05) is 49.5 Å². The van der Waals surface area contributed by atoms with Crippen molar-refractivity contribution < 1.29 is 23.6 Å². The van der Waals surface area contributed by atoms with E-state index in [1.165, 1.54) is 0 Å². The summed E-state index contributed by atoms with van der Waals surface area (Å²) in [6, 6.07) is 13.4. The highest BCUT2D eigenvalue weighted by atomic mass is 16.5. The van der Waals surface area contributed by atoms with Gasteiger partial charge in [0.2, 0.25) is 0 Å². The van der Waals surface area contributed by atoms with Crippen molar-refractivity contribution in [3.8, 4) is 0 Å². The molecule has 1 saturated heterocycles. The second-order valence-electron chi connectivity index (χ2n) is 7.16. The Morgan fingerprint density at radius 2 is 1.79 bits per heavy atom. The van der Waals surface area contributed by atoms with Crippen molar-refractivity contribution in [1.29, 1.82) is 0 Å². The molecule has 1 aromatic heterocycles. The Kier molecular flexibility index (Phi) is 5.27. The molecular weight excluding hydrogens is 358 g/mol. The number of anilines is 1. The lowest BCUT2D eigenvalue weighted by atomic mass is 10.1. The van der Waals surface area contributed by atoms with Gasteiger partial charge in [0.05, 0.1) is 20.3 Å².